The Morgan fingerprint density at radius 2 is 1.90 bits per heavy atom. The first kappa shape index (κ1) is 17.5. The van der Waals surface area contributed by atoms with Crippen molar-refractivity contribution in [3.63, 3.8) is 0 Å². The molecule has 1 unspecified atom stereocenters. The number of carbonyl (C=O) groups is 1. The van der Waals surface area contributed by atoms with Gasteiger partial charge in [0, 0.05) is 25.8 Å². The van der Waals surface area contributed by atoms with E-state index in [9.17, 15) is 13.2 Å². The van der Waals surface area contributed by atoms with E-state index < -0.39 is 10.0 Å². The van der Waals surface area contributed by atoms with Crippen LogP contribution < -0.4 is 9.62 Å². The van der Waals surface area contributed by atoms with Crippen molar-refractivity contribution in [3.05, 3.63) is 24.3 Å². The summed E-state index contributed by atoms with van der Waals surface area (Å²) in [5.41, 5.74) is 0.834. The van der Waals surface area contributed by atoms with Crippen LogP contribution in [0.15, 0.2) is 29.2 Å². The third-order valence-corrected chi connectivity index (χ3v) is 4.63. The number of nitrogens with zero attached hydrogens (tertiary/aromatic N) is 1. The van der Waals surface area contributed by atoms with Crippen LogP contribution in [-0.4, -0.2) is 41.6 Å². The molecule has 0 amide bonds. The van der Waals surface area contributed by atoms with Gasteiger partial charge in [-0.25, -0.2) is 13.1 Å². The van der Waals surface area contributed by atoms with Gasteiger partial charge in [-0.1, -0.05) is 13.8 Å². The quantitative estimate of drug-likeness (QED) is 0.766. The lowest BCUT2D eigenvalue weighted by atomic mass is 10.1. The molecule has 0 aromatic heterocycles. The van der Waals surface area contributed by atoms with Crippen LogP contribution in [0.3, 0.4) is 0 Å². The molecule has 0 aliphatic rings. The van der Waals surface area contributed by atoms with Crippen LogP contribution in [0, 0.1) is 5.92 Å². The number of methoxy groups -OCH3 is 1. The van der Waals surface area contributed by atoms with Crippen molar-refractivity contribution in [2.24, 2.45) is 5.92 Å². The molecule has 0 saturated carbocycles. The van der Waals surface area contributed by atoms with Crippen LogP contribution in [0.5, 0.6) is 0 Å². The normalized spacial score (nSPS) is 12.8. The SMILES string of the molecule is CCNS(=O)(=O)c1ccc(N(C)CC(C)C(=O)OC)cc1. The second-order valence-corrected chi connectivity index (χ2v) is 6.57. The molecule has 6 nitrogen and oxygen atoms in total. The number of carbonyl (C=O) groups excluding carboxylic acids is 1. The van der Waals surface area contributed by atoms with Gasteiger partial charge in [0.2, 0.25) is 10.0 Å². The van der Waals surface area contributed by atoms with Crippen LogP contribution in [0.25, 0.3) is 0 Å². The predicted molar refractivity (Wildman–Crippen MR) is 81.8 cm³/mol. The number of sulfonamides is 1. The molecule has 1 N–H and O–H groups in total. The second-order valence-electron chi connectivity index (χ2n) is 4.80. The van der Waals surface area contributed by atoms with Gasteiger partial charge >= 0.3 is 5.97 Å². The summed E-state index contributed by atoms with van der Waals surface area (Å²) in [6, 6.07) is 6.53. The van der Waals surface area contributed by atoms with Crippen LogP contribution in [0.2, 0.25) is 0 Å². The summed E-state index contributed by atoms with van der Waals surface area (Å²) in [5, 5.41) is 0. The summed E-state index contributed by atoms with van der Waals surface area (Å²) >= 11 is 0. The van der Waals surface area contributed by atoms with Gasteiger partial charge in [0.15, 0.2) is 0 Å². The summed E-state index contributed by atoms with van der Waals surface area (Å²) in [6.07, 6.45) is 0. The molecule has 0 bridgehead atoms. The Morgan fingerprint density at radius 1 is 1.33 bits per heavy atom. The lowest BCUT2D eigenvalue weighted by Crippen LogP contribution is -2.29. The smallest absolute Gasteiger partial charge is 0.310 e. The van der Waals surface area contributed by atoms with Gasteiger partial charge in [-0.3, -0.25) is 4.79 Å². The monoisotopic (exact) mass is 314 g/mol. The van der Waals surface area contributed by atoms with E-state index in [2.05, 4.69) is 9.46 Å². The highest BCUT2D eigenvalue weighted by atomic mass is 32.2. The van der Waals surface area contributed by atoms with Gasteiger partial charge in [-0.2, -0.15) is 0 Å². The molecule has 0 heterocycles. The van der Waals surface area contributed by atoms with Crippen molar-refractivity contribution in [3.8, 4) is 0 Å². The molecule has 1 aromatic rings. The van der Waals surface area contributed by atoms with Gasteiger partial charge in [0.25, 0.3) is 0 Å². The summed E-state index contributed by atoms with van der Waals surface area (Å²) in [7, 11) is -0.235. The molecule has 21 heavy (non-hydrogen) atoms. The Bertz CT molecular complexity index is 569. The highest BCUT2D eigenvalue weighted by molar-refractivity contribution is 7.89. The molecule has 0 spiro atoms. The molecule has 0 aliphatic carbocycles. The number of benzene rings is 1. The molecule has 1 atom stereocenters. The van der Waals surface area contributed by atoms with Crippen molar-refractivity contribution < 1.29 is 17.9 Å². The van der Waals surface area contributed by atoms with Crippen molar-refractivity contribution in [2.45, 2.75) is 18.7 Å². The summed E-state index contributed by atoms with van der Waals surface area (Å²) in [4.78, 5) is 13.5. The molecule has 1 rings (SSSR count). The molecule has 0 fully saturated rings. The highest BCUT2D eigenvalue weighted by Crippen LogP contribution is 2.18. The van der Waals surface area contributed by atoms with E-state index in [1.54, 1.807) is 38.1 Å². The standard InChI is InChI=1S/C14H22N2O4S/c1-5-15-21(18,19)13-8-6-12(7-9-13)16(3)10-11(2)14(17)20-4/h6-9,11,15H,5,10H2,1-4H3. The number of anilines is 1. The number of hydrogen-bond donors (Lipinski definition) is 1. The molecule has 1 aromatic carbocycles. The van der Waals surface area contributed by atoms with Crippen LogP contribution in [0.1, 0.15) is 13.8 Å². The van der Waals surface area contributed by atoms with Gasteiger partial charge in [0.05, 0.1) is 17.9 Å². The molecule has 0 saturated heterocycles. The predicted octanol–water partition coefficient (Wildman–Crippen LogP) is 1.23. The highest BCUT2D eigenvalue weighted by Gasteiger charge is 2.17. The van der Waals surface area contributed by atoms with Crippen LogP contribution in [0.4, 0.5) is 5.69 Å². The number of nitrogens with one attached hydrogen (secondary N) is 1. The van der Waals surface area contributed by atoms with E-state index in [1.165, 1.54) is 7.11 Å². The van der Waals surface area contributed by atoms with E-state index in [0.29, 0.717) is 13.1 Å². The summed E-state index contributed by atoms with van der Waals surface area (Å²) in [5.74, 6) is -0.529. The number of esters is 1. The fourth-order valence-electron chi connectivity index (χ4n) is 1.95. The Balaban J connectivity index is 2.80. The first-order chi connectivity index (χ1) is 9.81. The number of rotatable bonds is 7. The zero-order valence-corrected chi connectivity index (χ0v) is 13.6. The summed E-state index contributed by atoms with van der Waals surface area (Å²) in [6.45, 7) is 4.35. The summed E-state index contributed by atoms with van der Waals surface area (Å²) < 4.78 is 30.8. The molecular formula is C14H22N2O4S. The Labute approximate surface area is 126 Å². The zero-order chi connectivity index (χ0) is 16.0. The van der Waals surface area contributed by atoms with E-state index >= 15 is 0 Å². The minimum Gasteiger partial charge on any atom is -0.469 e. The maximum Gasteiger partial charge on any atom is 0.310 e. The average molecular weight is 314 g/mol. The zero-order valence-electron chi connectivity index (χ0n) is 12.8. The first-order valence-electron chi connectivity index (χ1n) is 6.70. The van der Waals surface area contributed by atoms with Crippen molar-refractivity contribution in [1.29, 1.82) is 0 Å². The van der Waals surface area contributed by atoms with Crippen LogP contribution >= 0.6 is 0 Å². The molecule has 7 heteroatoms. The van der Waals surface area contributed by atoms with Gasteiger partial charge in [0.1, 0.15) is 0 Å². The fraction of sp³-hybridized carbons (Fsp3) is 0.500. The van der Waals surface area contributed by atoms with Gasteiger partial charge < -0.3 is 9.64 Å². The fourth-order valence-corrected chi connectivity index (χ4v) is 2.99. The Kier molecular flexibility index (Phi) is 6.17. The van der Waals surface area contributed by atoms with Crippen LogP contribution in [-0.2, 0) is 19.6 Å². The lowest BCUT2D eigenvalue weighted by Gasteiger charge is -2.22. The average Bonchev–Trinajstić information content (AvgIpc) is 2.46. The van der Waals surface area contributed by atoms with Crippen molar-refractivity contribution >= 4 is 21.7 Å². The minimum atomic E-state index is -3.44. The third kappa shape index (κ3) is 4.71. The third-order valence-electron chi connectivity index (χ3n) is 3.07. The lowest BCUT2D eigenvalue weighted by molar-refractivity contribution is -0.144. The number of hydrogen-bond acceptors (Lipinski definition) is 5. The Hall–Kier alpha value is -1.60. The van der Waals surface area contributed by atoms with E-state index in [4.69, 9.17) is 0 Å². The van der Waals surface area contributed by atoms with E-state index in [-0.39, 0.29) is 16.8 Å². The van der Waals surface area contributed by atoms with E-state index in [1.807, 2.05) is 11.9 Å². The molecular weight excluding hydrogens is 292 g/mol. The Morgan fingerprint density at radius 3 is 2.38 bits per heavy atom. The van der Waals surface area contributed by atoms with Gasteiger partial charge in [-0.15, -0.1) is 0 Å². The maximum absolute atomic E-state index is 11.8. The largest absolute Gasteiger partial charge is 0.469 e. The van der Waals surface area contributed by atoms with Crippen molar-refractivity contribution in [1.82, 2.24) is 4.72 Å². The minimum absolute atomic E-state index is 0.225. The molecule has 118 valence electrons. The molecule has 0 radical (unpaired) electrons. The first-order valence-corrected chi connectivity index (χ1v) is 8.18. The second kappa shape index (κ2) is 7.42. The van der Waals surface area contributed by atoms with E-state index in [0.717, 1.165) is 5.69 Å². The van der Waals surface area contributed by atoms with Crippen molar-refractivity contribution in [2.75, 3.05) is 32.1 Å². The number of ether oxygens (including phenoxy) is 1. The maximum atomic E-state index is 11.8. The molecule has 0 aliphatic heterocycles. The topological polar surface area (TPSA) is 75.7 Å². The van der Waals surface area contributed by atoms with Gasteiger partial charge in [-0.05, 0) is 24.3 Å².